The predicted molar refractivity (Wildman–Crippen MR) is 77.7 cm³/mol. The molecule has 1 saturated heterocycles. The molecule has 2 amide bonds. The molecule has 118 valence electrons. The lowest BCUT2D eigenvalue weighted by atomic mass is 10.0. The van der Waals surface area contributed by atoms with Crippen molar-refractivity contribution in [2.75, 3.05) is 0 Å². The number of halogens is 1. The maximum atomic E-state index is 14.1. The third kappa shape index (κ3) is 3.01. The minimum Gasteiger partial charge on any atom is -0.477 e. The van der Waals surface area contributed by atoms with Crippen LogP contribution in [0.5, 0.6) is 0 Å². The smallest absolute Gasteiger partial charge is 0.352 e. The molecule has 1 fully saturated rings. The molecule has 0 saturated carbocycles. The molecule has 0 aromatic carbocycles. The van der Waals surface area contributed by atoms with Crippen molar-refractivity contribution < 1.29 is 23.9 Å². The van der Waals surface area contributed by atoms with Crippen LogP contribution in [0.25, 0.3) is 0 Å². The molecule has 2 N–H and O–H groups in total. The average Bonchev–Trinajstić information content (AvgIpc) is 2.93. The van der Waals surface area contributed by atoms with Crippen molar-refractivity contribution in [1.29, 1.82) is 0 Å². The van der Waals surface area contributed by atoms with E-state index in [9.17, 15) is 18.8 Å². The van der Waals surface area contributed by atoms with E-state index in [0.29, 0.717) is 10.5 Å². The number of carboxylic acid groups (broad SMARTS) is 1. The van der Waals surface area contributed by atoms with Crippen molar-refractivity contribution in [2.45, 2.75) is 32.6 Å². The van der Waals surface area contributed by atoms with Crippen LogP contribution >= 0.6 is 11.3 Å². The summed E-state index contributed by atoms with van der Waals surface area (Å²) in [5.74, 6) is -2.61. The summed E-state index contributed by atoms with van der Waals surface area (Å²) in [5, 5.41) is 13.2. The molecule has 0 spiro atoms. The van der Waals surface area contributed by atoms with Crippen molar-refractivity contribution in [1.82, 2.24) is 10.2 Å². The highest BCUT2D eigenvalue weighted by Crippen LogP contribution is 2.28. The summed E-state index contributed by atoms with van der Waals surface area (Å²) >= 11 is 1.38. The summed E-state index contributed by atoms with van der Waals surface area (Å²) in [6, 6.07) is 2.22. The molecule has 0 radical (unpaired) electrons. The average molecular weight is 326 g/mol. The number of hydrogen-bond acceptors (Lipinski definition) is 4. The van der Waals surface area contributed by atoms with Crippen LogP contribution in [0.4, 0.5) is 4.39 Å². The number of nitrogens with zero attached hydrogens (tertiary/aromatic N) is 1. The summed E-state index contributed by atoms with van der Waals surface area (Å²) in [5.41, 5.74) is -0.0758. The van der Waals surface area contributed by atoms with E-state index >= 15 is 0 Å². The molecule has 1 aromatic rings. The van der Waals surface area contributed by atoms with Gasteiger partial charge in [-0.05, 0) is 30.9 Å². The zero-order chi connectivity index (χ0) is 16.4. The van der Waals surface area contributed by atoms with Crippen molar-refractivity contribution in [3.8, 4) is 0 Å². The lowest BCUT2D eigenvalue weighted by molar-refractivity contribution is -0.163. The van der Waals surface area contributed by atoms with Crippen molar-refractivity contribution in [2.24, 2.45) is 0 Å². The standard InChI is InChI=1S/C14H15FN2O4S/c1-7(2)11(14(20)21)17-12(15)10(13(17)19)16-9(18)6-8-4-3-5-22-8/h3-5,10,12H,6H2,1-2H3,(H,16,18)(H,20,21). The first-order chi connectivity index (χ1) is 10.3. The lowest BCUT2D eigenvalue weighted by Crippen LogP contribution is -2.69. The minimum absolute atomic E-state index is 0.0581. The number of aliphatic carboxylic acids is 1. The topological polar surface area (TPSA) is 86.7 Å². The Morgan fingerprint density at radius 2 is 2.14 bits per heavy atom. The highest BCUT2D eigenvalue weighted by molar-refractivity contribution is 7.10. The van der Waals surface area contributed by atoms with Gasteiger partial charge in [0.05, 0.1) is 6.42 Å². The SMILES string of the molecule is CC(C)=C(C(=O)O)N1C(=O)C(NC(=O)Cc2cccs2)C1F. The molecule has 6 nitrogen and oxygen atoms in total. The number of thiophene rings is 1. The van der Waals surface area contributed by atoms with Gasteiger partial charge in [0.1, 0.15) is 5.70 Å². The molecule has 0 bridgehead atoms. The van der Waals surface area contributed by atoms with Gasteiger partial charge in [0.2, 0.25) is 12.2 Å². The highest BCUT2D eigenvalue weighted by atomic mass is 32.1. The third-order valence-electron chi connectivity index (χ3n) is 3.17. The van der Waals surface area contributed by atoms with E-state index in [-0.39, 0.29) is 12.1 Å². The Bertz CT molecular complexity index is 637. The van der Waals surface area contributed by atoms with Gasteiger partial charge in [0, 0.05) is 4.88 Å². The van der Waals surface area contributed by atoms with Gasteiger partial charge in [-0.15, -0.1) is 11.3 Å². The fraction of sp³-hybridized carbons (Fsp3) is 0.357. The number of carboxylic acids is 1. The van der Waals surface area contributed by atoms with Gasteiger partial charge in [-0.1, -0.05) is 6.07 Å². The number of rotatable bonds is 5. The van der Waals surface area contributed by atoms with Crippen LogP contribution in [-0.4, -0.2) is 40.1 Å². The Kier molecular flexibility index (Phi) is 4.60. The van der Waals surface area contributed by atoms with Crippen LogP contribution < -0.4 is 5.32 Å². The zero-order valence-electron chi connectivity index (χ0n) is 12.0. The number of carbonyl (C=O) groups is 3. The molecule has 1 aliphatic rings. The van der Waals surface area contributed by atoms with E-state index in [1.165, 1.54) is 25.2 Å². The van der Waals surface area contributed by atoms with Crippen LogP contribution in [0.2, 0.25) is 0 Å². The molecule has 2 rings (SSSR count). The predicted octanol–water partition coefficient (Wildman–Crippen LogP) is 1.29. The van der Waals surface area contributed by atoms with Gasteiger partial charge in [0.25, 0.3) is 5.91 Å². The second-order valence-corrected chi connectivity index (χ2v) is 6.07. The second-order valence-electron chi connectivity index (χ2n) is 5.04. The molecule has 1 aliphatic heterocycles. The first kappa shape index (κ1) is 16.2. The Balaban J connectivity index is 2.02. The molecule has 8 heteroatoms. The number of hydrogen-bond donors (Lipinski definition) is 2. The van der Waals surface area contributed by atoms with Crippen molar-refractivity contribution in [3.63, 3.8) is 0 Å². The summed E-state index contributed by atoms with van der Waals surface area (Å²) < 4.78 is 14.1. The van der Waals surface area contributed by atoms with Crippen LogP contribution in [-0.2, 0) is 20.8 Å². The second kappa shape index (κ2) is 6.27. The van der Waals surface area contributed by atoms with Gasteiger partial charge in [-0.3, -0.25) is 14.5 Å². The van der Waals surface area contributed by atoms with Crippen molar-refractivity contribution in [3.05, 3.63) is 33.7 Å². The van der Waals surface area contributed by atoms with Crippen LogP contribution in [0, 0.1) is 0 Å². The van der Waals surface area contributed by atoms with E-state index in [0.717, 1.165) is 4.88 Å². The summed E-state index contributed by atoms with van der Waals surface area (Å²) in [6.45, 7) is 2.96. The number of carbonyl (C=O) groups excluding carboxylic acids is 2. The van der Waals surface area contributed by atoms with Gasteiger partial charge in [-0.2, -0.15) is 0 Å². The van der Waals surface area contributed by atoms with E-state index in [2.05, 4.69) is 5.32 Å². The zero-order valence-corrected chi connectivity index (χ0v) is 12.8. The molecular formula is C14H15FN2O4S. The molecule has 2 heterocycles. The monoisotopic (exact) mass is 326 g/mol. The number of β-lactam (4-membered cyclic amide) rings is 1. The highest BCUT2D eigenvalue weighted by Gasteiger charge is 2.52. The Hall–Kier alpha value is -2.22. The van der Waals surface area contributed by atoms with Gasteiger partial charge in [0.15, 0.2) is 6.04 Å². The Morgan fingerprint density at radius 3 is 2.59 bits per heavy atom. The first-order valence-electron chi connectivity index (χ1n) is 6.52. The summed E-state index contributed by atoms with van der Waals surface area (Å²) in [4.78, 5) is 36.2. The molecule has 1 aromatic heterocycles. The molecule has 0 aliphatic carbocycles. The van der Waals surface area contributed by atoms with E-state index < -0.39 is 30.1 Å². The van der Waals surface area contributed by atoms with E-state index in [1.54, 1.807) is 12.1 Å². The summed E-state index contributed by atoms with van der Waals surface area (Å²) in [6.07, 6.45) is -1.82. The van der Waals surface area contributed by atoms with Gasteiger partial charge >= 0.3 is 5.97 Å². The number of allylic oxidation sites excluding steroid dienone is 1. The molecule has 22 heavy (non-hydrogen) atoms. The number of amides is 2. The number of likely N-dealkylation sites (tertiary alicyclic amines) is 1. The normalized spacial score (nSPS) is 20.3. The molecule has 2 atom stereocenters. The Morgan fingerprint density at radius 1 is 1.45 bits per heavy atom. The van der Waals surface area contributed by atoms with Crippen LogP contribution in [0.3, 0.4) is 0 Å². The maximum absolute atomic E-state index is 14.1. The van der Waals surface area contributed by atoms with Crippen molar-refractivity contribution >= 4 is 29.1 Å². The number of alkyl halides is 1. The van der Waals surface area contributed by atoms with Gasteiger partial charge in [-0.25, -0.2) is 9.18 Å². The third-order valence-corrected chi connectivity index (χ3v) is 4.05. The number of nitrogens with one attached hydrogen (secondary N) is 1. The fourth-order valence-electron chi connectivity index (χ4n) is 2.17. The molecular weight excluding hydrogens is 311 g/mol. The quantitative estimate of drug-likeness (QED) is 0.485. The van der Waals surface area contributed by atoms with Gasteiger partial charge < -0.3 is 10.4 Å². The largest absolute Gasteiger partial charge is 0.477 e. The van der Waals surface area contributed by atoms with E-state index in [1.807, 2.05) is 5.38 Å². The lowest BCUT2D eigenvalue weighted by Gasteiger charge is -2.42. The van der Waals surface area contributed by atoms with Crippen LogP contribution in [0.15, 0.2) is 28.8 Å². The first-order valence-corrected chi connectivity index (χ1v) is 7.40. The Labute approximate surface area is 130 Å². The fourth-order valence-corrected chi connectivity index (χ4v) is 2.88. The molecule has 2 unspecified atom stereocenters. The minimum atomic E-state index is -1.87. The van der Waals surface area contributed by atoms with Crippen LogP contribution in [0.1, 0.15) is 18.7 Å². The summed E-state index contributed by atoms with van der Waals surface area (Å²) in [7, 11) is 0. The van der Waals surface area contributed by atoms with E-state index in [4.69, 9.17) is 5.11 Å². The maximum Gasteiger partial charge on any atom is 0.352 e.